The number of fused-ring (bicyclic) bond motifs is 1. The minimum atomic E-state index is -0.739. The average molecular weight is 323 g/mol. The molecule has 1 aromatic heterocycles. The molecule has 5 heteroatoms. The molecule has 4 nitrogen and oxygen atoms in total. The molecule has 0 saturated carbocycles. The average Bonchev–Trinajstić information content (AvgIpc) is 2.37. The van der Waals surface area contributed by atoms with Crippen LogP contribution in [0.25, 0.3) is 10.9 Å². The Hall–Kier alpha value is -1.62. The maximum Gasteiger partial charge on any atom is 0.303 e. The molecule has 0 unspecified atom stereocenters. The molecule has 0 aliphatic rings. The quantitative estimate of drug-likeness (QED) is 0.796. The Bertz CT molecular complexity index is 587. The standard InChI is InChI=1S/C14H15BrN2O2/c15-11-8-10-4-3-5-12(14(10)17-9-11)16-7-2-1-6-13(18)19/h3-5,8-9,16H,1-2,6-7H2,(H,18,19). The normalized spacial score (nSPS) is 10.6. The van der Waals surface area contributed by atoms with E-state index in [9.17, 15) is 4.79 Å². The molecule has 0 fully saturated rings. The van der Waals surface area contributed by atoms with Crippen molar-refractivity contribution in [2.24, 2.45) is 0 Å². The molecule has 0 radical (unpaired) electrons. The van der Waals surface area contributed by atoms with Crippen molar-refractivity contribution in [1.82, 2.24) is 4.98 Å². The van der Waals surface area contributed by atoms with Crippen molar-refractivity contribution in [3.63, 3.8) is 0 Å². The molecule has 0 amide bonds. The molecular formula is C14H15BrN2O2. The van der Waals surface area contributed by atoms with E-state index in [-0.39, 0.29) is 6.42 Å². The zero-order valence-electron chi connectivity index (χ0n) is 10.4. The minimum absolute atomic E-state index is 0.225. The number of hydrogen-bond acceptors (Lipinski definition) is 3. The van der Waals surface area contributed by atoms with Crippen LogP contribution in [0.15, 0.2) is 34.9 Å². The summed E-state index contributed by atoms with van der Waals surface area (Å²) in [5.74, 6) is -0.739. The number of halogens is 1. The number of nitrogens with one attached hydrogen (secondary N) is 1. The Balaban J connectivity index is 1.99. The number of hydrogen-bond donors (Lipinski definition) is 2. The summed E-state index contributed by atoms with van der Waals surface area (Å²) in [5, 5.41) is 12.9. The van der Waals surface area contributed by atoms with E-state index in [0.717, 1.165) is 34.0 Å². The Morgan fingerprint density at radius 2 is 2.21 bits per heavy atom. The van der Waals surface area contributed by atoms with Gasteiger partial charge in [-0.15, -0.1) is 0 Å². The topological polar surface area (TPSA) is 62.2 Å². The highest BCUT2D eigenvalue weighted by Gasteiger charge is 2.02. The lowest BCUT2D eigenvalue weighted by molar-refractivity contribution is -0.137. The Morgan fingerprint density at radius 1 is 1.37 bits per heavy atom. The molecule has 100 valence electrons. The molecule has 2 rings (SSSR count). The summed E-state index contributed by atoms with van der Waals surface area (Å²) in [6, 6.07) is 8.01. The van der Waals surface area contributed by atoms with E-state index in [1.165, 1.54) is 0 Å². The fourth-order valence-corrected chi connectivity index (χ4v) is 2.25. The molecule has 0 spiro atoms. The second-order valence-corrected chi connectivity index (χ2v) is 5.22. The van der Waals surface area contributed by atoms with Gasteiger partial charge < -0.3 is 10.4 Å². The van der Waals surface area contributed by atoms with E-state index in [0.29, 0.717) is 6.42 Å². The predicted octanol–water partition coefficient (Wildman–Crippen LogP) is 3.66. The highest BCUT2D eigenvalue weighted by Crippen LogP contribution is 2.23. The maximum atomic E-state index is 10.4. The van der Waals surface area contributed by atoms with Crippen LogP contribution in [-0.4, -0.2) is 22.6 Å². The number of benzene rings is 1. The first-order valence-corrected chi connectivity index (χ1v) is 6.96. The van der Waals surface area contributed by atoms with Crippen molar-refractivity contribution in [3.8, 4) is 0 Å². The van der Waals surface area contributed by atoms with E-state index >= 15 is 0 Å². The molecule has 1 aromatic carbocycles. The molecule has 0 saturated heterocycles. The van der Waals surface area contributed by atoms with E-state index in [4.69, 9.17) is 5.11 Å². The van der Waals surface area contributed by atoms with Crippen LogP contribution in [0.4, 0.5) is 5.69 Å². The fourth-order valence-electron chi connectivity index (χ4n) is 1.90. The zero-order valence-corrected chi connectivity index (χ0v) is 12.0. The van der Waals surface area contributed by atoms with Gasteiger partial charge in [-0.05, 0) is 40.9 Å². The number of carboxylic acid groups (broad SMARTS) is 1. The minimum Gasteiger partial charge on any atom is -0.481 e. The van der Waals surface area contributed by atoms with E-state index in [1.54, 1.807) is 6.20 Å². The van der Waals surface area contributed by atoms with Crippen molar-refractivity contribution in [2.75, 3.05) is 11.9 Å². The van der Waals surface area contributed by atoms with Crippen LogP contribution >= 0.6 is 15.9 Å². The molecule has 2 aromatic rings. The molecule has 0 atom stereocenters. The van der Waals surface area contributed by atoms with Gasteiger partial charge in [0.25, 0.3) is 0 Å². The van der Waals surface area contributed by atoms with Gasteiger partial charge in [-0.25, -0.2) is 0 Å². The monoisotopic (exact) mass is 322 g/mol. The smallest absolute Gasteiger partial charge is 0.303 e. The lowest BCUT2D eigenvalue weighted by Gasteiger charge is -2.08. The summed E-state index contributed by atoms with van der Waals surface area (Å²) in [4.78, 5) is 14.8. The predicted molar refractivity (Wildman–Crippen MR) is 79.4 cm³/mol. The summed E-state index contributed by atoms with van der Waals surface area (Å²) >= 11 is 3.41. The number of rotatable bonds is 6. The number of carbonyl (C=O) groups is 1. The Labute approximate surface area is 120 Å². The van der Waals surface area contributed by atoms with Gasteiger partial charge in [-0.2, -0.15) is 0 Å². The van der Waals surface area contributed by atoms with Crippen LogP contribution in [0, 0.1) is 0 Å². The zero-order chi connectivity index (χ0) is 13.7. The number of pyridine rings is 1. The van der Waals surface area contributed by atoms with Crippen molar-refractivity contribution >= 4 is 38.5 Å². The van der Waals surface area contributed by atoms with Gasteiger partial charge in [-0.3, -0.25) is 9.78 Å². The molecule has 19 heavy (non-hydrogen) atoms. The molecule has 0 aliphatic heterocycles. The van der Waals surface area contributed by atoms with Gasteiger partial charge in [0, 0.05) is 29.0 Å². The van der Waals surface area contributed by atoms with Crippen molar-refractivity contribution < 1.29 is 9.90 Å². The number of aromatic nitrogens is 1. The van der Waals surface area contributed by atoms with E-state index in [1.807, 2.05) is 24.3 Å². The fraction of sp³-hybridized carbons (Fsp3) is 0.286. The van der Waals surface area contributed by atoms with Crippen LogP contribution in [0.5, 0.6) is 0 Å². The third kappa shape index (κ3) is 3.92. The largest absolute Gasteiger partial charge is 0.481 e. The highest BCUT2D eigenvalue weighted by molar-refractivity contribution is 9.10. The van der Waals surface area contributed by atoms with Gasteiger partial charge >= 0.3 is 5.97 Å². The summed E-state index contributed by atoms with van der Waals surface area (Å²) in [5.41, 5.74) is 1.92. The number of carboxylic acids is 1. The molecule has 0 bridgehead atoms. The van der Waals surface area contributed by atoms with Gasteiger partial charge in [0.15, 0.2) is 0 Å². The van der Waals surface area contributed by atoms with Crippen LogP contribution in [-0.2, 0) is 4.79 Å². The summed E-state index contributed by atoms with van der Waals surface area (Å²) < 4.78 is 0.957. The maximum absolute atomic E-state index is 10.4. The lowest BCUT2D eigenvalue weighted by atomic mass is 10.2. The first-order chi connectivity index (χ1) is 9.16. The summed E-state index contributed by atoms with van der Waals surface area (Å²) in [6.07, 6.45) is 3.52. The highest BCUT2D eigenvalue weighted by atomic mass is 79.9. The van der Waals surface area contributed by atoms with Crippen molar-refractivity contribution in [3.05, 3.63) is 34.9 Å². The third-order valence-corrected chi connectivity index (χ3v) is 3.24. The number of unbranched alkanes of at least 4 members (excludes halogenated alkanes) is 1. The third-order valence-electron chi connectivity index (χ3n) is 2.81. The number of nitrogens with zero attached hydrogens (tertiary/aromatic N) is 1. The van der Waals surface area contributed by atoms with Crippen LogP contribution in [0.3, 0.4) is 0 Å². The Kier molecular flexibility index (Phi) is 4.74. The van der Waals surface area contributed by atoms with Crippen molar-refractivity contribution in [2.45, 2.75) is 19.3 Å². The summed E-state index contributed by atoms with van der Waals surface area (Å²) in [6.45, 7) is 0.754. The SMILES string of the molecule is O=C(O)CCCCNc1cccc2cc(Br)cnc12. The molecule has 2 N–H and O–H groups in total. The van der Waals surface area contributed by atoms with Crippen LogP contribution in [0.2, 0.25) is 0 Å². The van der Waals surface area contributed by atoms with Gasteiger partial charge in [0.2, 0.25) is 0 Å². The number of para-hydroxylation sites is 1. The second-order valence-electron chi connectivity index (χ2n) is 4.31. The first kappa shape index (κ1) is 13.8. The summed E-state index contributed by atoms with van der Waals surface area (Å²) in [7, 11) is 0. The second kappa shape index (κ2) is 6.52. The molecular weight excluding hydrogens is 308 g/mol. The molecule has 0 aliphatic carbocycles. The number of aliphatic carboxylic acids is 1. The van der Waals surface area contributed by atoms with Crippen LogP contribution < -0.4 is 5.32 Å². The van der Waals surface area contributed by atoms with Gasteiger partial charge in [0.1, 0.15) is 0 Å². The van der Waals surface area contributed by atoms with Crippen molar-refractivity contribution in [1.29, 1.82) is 0 Å². The van der Waals surface area contributed by atoms with Crippen LogP contribution in [0.1, 0.15) is 19.3 Å². The first-order valence-electron chi connectivity index (χ1n) is 6.17. The van der Waals surface area contributed by atoms with Gasteiger partial charge in [-0.1, -0.05) is 12.1 Å². The van der Waals surface area contributed by atoms with E-state index < -0.39 is 5.97 Å². The number of anilines is 1. The van der Waals surface area contributed by atoms with E-state index in [2.05, 4.69) is 26.2 Å². The lowest BCUT2D eigenvalue weighted by Crippen LogP contribution is -2.04. The van der Waals surface area contributed by atoms with Gasteiger partial charge in [0.05, 0.1) is 11.2 Å². The Morgan fingerprint density at radius 3 is 3.00 bits per heavy atom. The molecule has 1 heterocycles.